The van der Waals surface area contributed by atoms with E-state index in [1.807, 2.05) is 6.92 Å². The van der Waals surface area contributed by atoms with E-state index in [0.717, 1.165) is 45.6 Å². The molecule has 0 aromatic rings. The molecule has 0 saturated carbocycles. The van der Waals surface area contributed by atoms with Gasteiger partial charge in [-0.2, -0.15) is 0 Å². The highest BCUT2D eigenvalue weighted by molar-refractivity contribution is 5.76. The van der Waals surface area contributed by atoms with Gasteiger partial charge in [-0.25, -0.2) is 0 Å². The molecule has 120 valence electrons. The van der Waals surface area contributed by atoms with E-state index < -0.39 is 0 Å². The standard InChI is InChI=1S/C15H26N2O4/c1-2-20-14(18)13-10-16-5-6-17(13)12-3-7-21-15(9-12)4-8-19-11-15/h12-13,16H,2-11H2,1H3. The van der Waals surface area contributed by atoms with E-state index >= 15 is 0 Å². The number of nitrogens with zero attached hydrogens (tertiary/aromatic N) is 1. The second kappa shape index (κ2) is 6.60. The van der Waals surface area contributed by atoms with Crippen molar-refractivity contribution in [1.29, 1.82) is 0 Å². The summed E-state index contributed by atoms with van der Waals surface area (Å²) in [6.45, 7) is 7.04. The SMILES string of the molecule is CCOC(=O)C1CNCCN1C1CCOC2(CCOC2)C1. The van der Waals surface area contributed by atoms with E-state index in [2.05, 4.69) is 10.2 Å². The summed E-state index contributed by atoms with van der Waals surface area (Å²) in [5, 5.41) is 3.31. The van der Waals surface area contributed by atoms with Crippen LogP contribution in [-0.2, 0) is 19.0 Å². The maximum Gasteiger partial charge on any atom is 0.324 e. The van der Waals surface area contributed by atoms with Crippen molar-refractivity contribution in [2.24, 2.45) is 0 Å². The van der Waals surface area contributed by atoms with Crippen LogP contribution in [0.4, 0.5) is 0 Å². The monoisotopic (exact) mass is 298 g/mol. The summed E-state index contributed by atoms with van der Waals surface area (Å²) in [4.78, 5) is 14.5. The van der Waals surface area contributed by atoms with Crippen molar-refractivity contribution in [3.05, 3.63) is 0 Å². The molecule has 3 atom stereocenters. The normalized spacial score (nSPS) is 37.8. The molecule has 1 N–H and O–H groups in total. The number of esters is 1. The molecular weight excluding hydrogens is 272 g/mol. The first kappa shape index (κ1) is 15.2. The molecule has 3 rings (SSSR count). The summed E-state index contributed by atoms with van der Waals surface area (Å²) in [7, 11) is 0. The third-order valence-electron chi connectivity index (χ3n) is 4.85. The Labute approximate surface area is 126 Å². The molecule has 3 heterocycles. The van der Waals surface area contributed by atoms with Crippen molar-refractivity contribution in [2.75, 3.05) is 46.1 Å². The molecule has 1 spiro atoms. The van der Waals surface area contributed by atoms with Gasteiger partial charge in [-0.1, -0.05) is 0 Å². The van der Waals surface area contributed by atoms with Gasteiger partial charge in [0.15, 0.2) is 0 Å². The fourth-order valence-corrected chi connectivity index (χ4v) is 3.76. The van der Waals surface area contributed by atoms with Crippen LogP contribution in [0.15, 0.2) is 0 Å². The van der Waals surface area contributed by atoms with Crippen LogP contribution in [0.2, 0.25) is 0 Å². The van der Waals surface area contributed by atoms with E-state index in [1.165, 1.54) is 0 Å². The largest absolute Gasteiger partial charge is 0.465 e. The Kier molecular flexibility index (Phi) is 4.78. The highest BCUT2D eigenvalue weighted by Crippen LogP contribution is 2.35. The van der Waals surface area contributed by atoms with Gasteiger partial charge in [0.2, 0.25) is 0 Å². The number of hydrogen-bond acceptors (Lipinski definition) is 6. The summed E-state index contributed by atoms with van der Waals surface area (Å²) in [5.74, 6) is -0.104. The Morgan fingerprint density at radius 1 is 1.48 bits per heavy atom. The number of piperazine rings is 1. The lowest BCUT2D eigenvalue weighted by molar-refractivity contribution is -0.156. The molecule has 0 aromatic heterocycles. The smallest absolute Gasteiger partial charge is 0.324 e. The Morgan fingerprint density at radius 3 is 3.14 bits per heavy atom. The van der Waals surface area contributed by atoms with Crippen LogP contribution in [0, 0.1) is 0 Å². The van der Waals surface area contributed by atoms with Crippen LogP contribution >= 0.6 is 0 Å². The Balaban J connectivity index is 1.69. The number of carbonyl (C=O) groups excluding carboxylic acids is 1. The van der Waals surface area contributed by atoms with Crippen molar-refractivity contribution in [3.8, 4) is 0 Å². The Morgan fingerprint density at radius 2 is 2.38 bits per heavy atom. The van der Waals surface area contributed by atoms with Crippen molar-refractivity contribution in [2.45, 2.75) is 43.9 Å². The number of nitrogens with one attached hydrogen (secondary N) is 1. The number of ether oxygens (including phenoxy) is 3. The highest BCUT2D eigenvalue weighted by atomic mass is 16.6. The van der Waals surface area contributed by atoms with Crippen LogP contribution in [0.3, 0.4) is 0 Å². The molecule has 0 aliphatic carbocycles. The molecular formula is C15H26N2O4. The van der Waals surface area contributed by atoms with Gasteiger partial charge in [0.1, 0.15) is 6.04 Å². The van der Waals surface area contributed by atoms with Crippen molar-refractivity contribution in [3.63, 3.8) is 0 Å². The summed E-state index contributed by atoms with van der Waals surface area (Å²) < 4.78 is 16.8. The molecule has 6 heteroatoms. The summed E-state index contributed by atoms with van der Waals surface area (Å²) >= 11 is 0. The van der Waals surface area contributed by atoms with Crippen LogP contribution in [0.1, 0.15) is 26.2 Å². The van der Waals surface area contributed by atoms with Gasteiger partial charge in [0.25, 0.3) is 0 Å². The maximum atomic E-state index is 12.2. The van der Waals surface area contributed by atoms with Crippen LogP contribution in [0.25, 0.3) is 0 Å². The first-order chi connectivity index (χ1) is 10.2. The topological polar surface area (TPSA) is 60.0 Å². The number of rotatable bonds is 3. The first-order valence-electron chi connectivity index (χ1n) is 8.09. The van der Waals surface area contributed by atoms with Gasteiger partial charge < -0.3 is 19.5 Å². The number of carbonyl (C=O) groups is 1. The maximum absolute atomic E-state index is 12.2. The zero-order chi connectivity index (χ0) is 14.7. The van der Waals surface area contributed by atoms with E-state index in [9.17, 15) is 4.79 Å². The fourth-order valence-electron chi connectivity index (χ4n) is 3.76. The molecule has 3 fully saturated rings. The summed E-state index contributed by atoms with van der Waals surface area (Å²) in [6.07, 6.45) is 2.92. The van der Waals surface area contributed by atoms with Gasteiger partial charge in [0.05, 0.1) is 18.8 Å². The van der Waals surface area contributed by atoms with E-state index in [-0.39, 0.29) is 17.6 Å². The third-order valence-corrected chi connectivity index (χ3v) is 4.85. The van der Waals surface area contributed by atoms with Gasteiger partial charge in [-0.3, -0.25) is 9.69 Å². The summed E-state index contributed by atoms with van der Waals surface area (Å²) in [5.41, 5.74) is -0.118. The molecule has 0 aromatic carbocycles. The van der Waals surface area contributed by atoms with Crippen LogP contribution < -0.4 is 5.32 Å². The molecule has 3 aliphatic heterocycles. The fraction of sp³-hybridized carbons (Fsp3) is 0.933. The van der Waals surface area contributed by atoms with Crippen LogP contribution in [-0.4, -0.2) is 74.6 Å². The van der Waals surface area contributed by atoms with Gasteiger partial charge >= 0.3 is 5.97 Å². The van der Waals surface area contributed by atoms with Gasteiger partial charge in [-0.15, -0.1) is 0 Å². The minimum atomic E-state index is -0.166. The zero-order valence-electron chi connectivity index (χ0n) is 12.8. The summed E-state index contributed by atoms with van der Waals surface area (Å²) in [6, 6.07) is 0.220. The molecule has 6 nitrogen and oxygen atoms in total. The minimum Gasteiger partial charge on any atom is -0.465 e. The average molecular weight is 298 g/mol. The highest BCUT2D eigenvalue weighted by Gasteiger charge is 2.45. The molecule has 3 saturated heterocycles. The second-order valence-corrected chi connectivity index (χ2v) is 6.19. The van der Waals surface area contributed by atoms with Gasteiger partial charge in [-0.05, 0) is 19.8 Å². The third kappa shape index (κ3) is 3.23. The van der Waals surface area contributed by atoms with Gasteiger partial charge in [0, 0.05) is 45.3 Å². The Hall–Kier alpha value is -0.690. The lowest BCUT2D eigenvalue weighted by Gasteiger charge is -2.46. The lowest BCUT2D eigenvalue weighted by atomic mass is 9.88. The first-order valence-corrected chi connectivity index (χ1v) is 8.09. The second-order valence-electron chi connectivity index (χ2n) is 6.19. The van der Waals surface area contributed by atoms with E-state index in [0.29, 0.717) is 25.8 Å². The quantitative estimate of drug-likeness (QED) is 0.749. The van der Waals surface area contributed by atoms with E-state index in [1.54, 1.807) is 0 Å². The molecule has 21 heavy (non-hydrogen) atoms. The molecule has 3 aliphatic rings. The van der Waals surface area contributed by atoms with Crippen molar-refractivity contribution >= 4 is 5.97 Å². The molecule has 3 unspecified atom stereocenters. The minimum absolute atomic E-state index is 0.104. The lowest BCUT2D eigenvalue weighted by Crippen LogP contribution is -2.61. The zero-order valence-corrected chi connectivity index (χ0v) is 12.8. The van der Waals surface area contributed by atoms with Crippen molar-refractivity contribution < 1.29 is 19.0 Å². The van der Waals surface area contributed by atoms with Crippen LogP contribution in [0.5, 0.6) is 0 Å². The number of hydrogen-bond donors (Lipinski definition) is 1. The van der Waals surface area contributed by atoms with Crippen molar-refractivity contribution in [1.82, 2.24) is 10.2 Å². The predicted octanol–water partition coefficient (Wildman–Crippen LogP) is 0.161. The Bertz CT molecular complexity index is 371. The molecule has 0 radical (unpaired) electrons. The predicted molar refractivity (Wildman–Crippen MR) is 77.1 cm³/mol. The molecule has 0 bridgehead atoms. The van der Waals surface area contributed by atoms with E-state index in [4.69, 9.17) is 14.2 Å². The average Bonchev–Trinajstić information content (AvgIpc) is 2.95. The molecule has 0 amide bonds.